The van der Waals surface area contributed by atoms with Crippen LogP contribution in [0, 0.1) is 0 Å². The smallest absolute Gasteiger partial charge is 0.199 e. The third-order valence-electron chi connectivity index (χ3n) is 8.99. The molecule has 1 saturated heterocycles. The maximum atomic E-state index is 12.5. The van der Waals surface area contributed by atoms with Crippen LogP contribution in [0.25, 0.3) is 10.8 Å². The van der Waals surface area contributed by atoms with Crippen molar-refractivity contribution in [3.8, 4) is 17.4 Å². The zero-order valence-electron chi connectivity index (χ0n) is 18.4. The first kappa shape index (κ1) is 19.5. The summed E-state index contributed by atoms with van der Waals surface area (Å²) in [6.45, 7) is 5.51. The molecule has 0 radical (unpaired) electrons. The number of phenols is 1. The lowest BCUT2D eigenvalue weighted by atomic mass is 9.48. The lowest BCUT2D eigenvalue weighted by Crippen LogP contribution is -2.76. The highest BCUT2D eigenvalue weighted by molar-refractivity contribution is 5.87. The van der Waals surface area contributed by atoms with E-state index < -0.39 is 11.0 Å². The van der Waals surface area contributed by atoms with Gasteiger partial charge in [0.25, 0.3) is 0 Å². The van der Waals surface area contributed by atoms with E-state index in [9.17, 15) is 15.3 Å². The van der Waals surface area contributed by atoms with Crippen molar-refractivity contribution in [3.05, 3.63) is 66.4 Å². The van der Waals surface area contributed by atoms with E-state index in [0.29, 0.717) is 18.6 Å². The van der Waals surface area contributed by atoms with E-state index in [1.54, 1.807) is 6.07 Å². The number of hydrogen-bond donors (Lipinski definition) is 3. The minimum atomic E-state index is -0.969. The SMILES string of the molecule is C=CCN1CC[C@]23c4c5ccc(O)c4O[C@H]2[C@H](n2cc4ccccc4c2O)CC[C@@]3(O)[C@H]1C5. The first-order valence-electron chi connectivity index (χ1n) is 11.9. The Kier molecular flexibility index (Phi) is 3.74. The van der Waals surface area contributed by atoms with Crippen LogP contribution < -0.4 is 4.74 Å². The number of nitrogens with zero attached hydrogens (tertiary/aromatic N) is 2. The molecule has 1 aromatic heterocycles. The molecule has 6 heteroatoms. The van der Waals surface area contributed by atoms with Crippen LogP contribution in [-0.2, 0) is 11.8 Å². The number of aromatic nitrogens is 1. The van der Waals surface area contributed by atoms with E-state index in [1.807, 2.05) is 47.2 Å². The highest BCUT2D eigenvalue weighted by atomic mass is 16.5. The summed E-state index contributed by atoms with van der Waals surface area (Å²) in [5, 5.41) is 36.2. The van der Waals surface area contributed by atoms with E-state index >= 15 is 0 Å². The Morgan fingerprint density at radius 2 is 2.00 bits per heavy atom. The summed E-state index contributed by atoms with van der Waals surface area (Å²) in [6, 6.07) is 11.4. The van der Waals surface area contributed by atoms with E-state index in [4.69, 9.17) is 4.74 Å². The van der Waals surface area contributed by atoms with E-state index in [0.717, 1.165) is 47.8 Å². The van der Waals surface area contributed by atoms with Gasteiger partial charge in [-0.05, 0) is 49.9 Å². The molecule has 2 fully saturated rings. The van der Waals surface area contributed by atoms with Crippen molar-refractivity contribution in [1.29, 1.82) is 0 Å². The second kappa shape index (κ2) is 6.33. The minimum Gasteiger partial charge on any atom is -0.504 e. The van der Waals surface area contributed by atoms with E-state index in [2.05, 4.69) is 11.5 Å². The number of piperidine rings is 1. The quantitative estimate of drug-likeness (QED) is 0.538. The number of aromatic hydroxyl groups is 2. The Morgan fingerprint density at radius 1 is 1.15 bits per heavy atom. The number of likely N-dealkylation sites (tertiary alicyclic amines) is 1. The number of aliphatic hydroxyl groups is 1. The van der Waals surface area contributed by atoms with E-state index in [1.165, 1.54) is 0 Å². The van der Waals surface area contributed by atoms with Crippen molar-refractivity contribution in [2.75, 3.05) is 13.1 Å². The molecule has 170 valence electrons. The molecule has 3 heterocycles. The van der Waals surface area contributed by atoms with Crippen molar-refractivity contribution in [3.63, 3.8) is 0 Å². The molecule has 7 rings (SSSR count). The summed E-state index contributed by atoms with van der Waals surface area (Å²) < 4.78 is 8.54. The van der Waals surface area contributed by atoms with Crippen molar-refractivity contribution >= 4 is 10.8 Å². The predicted octanol–water partition coefficient (Wildman–Crippen LogP) is 3.63. The lowest BCUT2D eigenvalue weighted by Gasteiger charge is -2.64. The van der Waals surface area contributed by atoms with Crippen LogP contribution in [0.15, 0.2) is 55.3 Å². The van der Waals surface area contributed by atoms with Gasteiger partial charge < -0.3 is 24.6 Å². The monoisotopic (exact) mass is 444 g/mol. The van der Waals surface area contributed by atoms with Crippen LogP contribution in [0.5, 0.6) is 17.4 Å². The van der Waals surface area contributed by atoms with Crippen molar-refractivity contribution < 1.29 is 20.1 Å². The molecule has 1 saturated carbocycles. The molecule has 6 nitrogen and oxygen atoms in total. The van der Waals surface area contributed by atoms with Crippen molar-refractivity contribution in [1.82, 2.24) is 9.47 Å². The van der Waals surface area contributed by atoms with Crippen LogP contribution in [0.3, 0.4) is 0 Å². The van der Waals surface area contributed by atoms with Gasteiger partial charge in [0.15, 0.2) is 17.4 Å². The van der Waals surface area contributed by atoms with Gasteiger partial charge in [-0.2, -0.15) is 0 Å². The Morgan fingerprint density at radius 3 is 2.82 bits per heavy atom. The van der Waals surface area contributed by atoms with Gasteiger partial charge in [0.05, 0.1) is 17.1 Å². The Bertz CT molecular complexity index is 1310. The average molecular weight is 445 g/mol. The fourth-order valence-corrected chi connectivity index (χ4v) is 7.69. The first-order chi connectivity index (χ1) is 16.0. The molecule has 2 aliphatic carbocycles. The summed E-state index contributed by atoms with van der Waals surface area (Å²) in [6.07, 6.45) is 6.29. The van der Waals surface area contributed by atoms with Gasteiger partial charge in [0.2, 0.25) is 0 Å². The number of benzene rings is 2. The number of fused-ring (bicyclic) bond motifs is 1. The molecule has 33 heavy (non-hydrogen) atoms. The maximum absolute atomic E-state index is 12.5. The van der Waals surface area contributed by atoms with Gasteiger partial charge in [-0.25, -0.2) is 0 Å². The highest BCUT2D eigenvalue weighted by Crippen LogP contribution is 2.67. The normalized spacial score (nSPS) is 34.2. The first-order valence-corrected chi connectivity index (χ1v) is 11.9. The summed E-state index contributed by atoms with van der Waals surface area (Å²) in [4.78, 5) is 2.35. The van der Waals surface area contributed by atoms with Crippen molar-refractivity contribution in [2.45, 2.75) is 54.9 Å². The zero-order chi connectivity index (χ0) is 22.5. The molecule has 4 aliphatic rings. The standard InChI is InChI=1S/C27H28N2O4/c1-2-12-28-13-11-26-22-16-7-8-20(30)23(22)33-24(26)19(9-10-27(26,32)21(28)14-16)29-15-17-5-3-4-6-18(17)25(29)31/h2-8,15,19,21,24,30-32H,1,9-14H2/t19-,21-,24+,26+,27-/m1/s1. The summed E-state index contributed by atoms with van der Waals surface area (Å²) in [5.41, 5.74) is 0.550. The van der Waals surface area contributed by atoms with Gasteiger partial charge in [-0.1, -0.05) is 30.3 Å². The fourth-order valence-electron chi connectivity index (χ4n) is 7.69. The third kappa shape index (κ3) is 2.16. The molecule has 3 N–H and O–H groups in total. The van der Waals surface area contributed by atoms with Gasteiger partial charge >= 0.3 is 0 Å². The molecule has 5 atom stereocenters. The van der Waals surface area contributed by atoms with Gasteiger partial charge in [0, 0.05) is 35.1 Å². The lowest BCUT2D eigenvalue weighted by molar-refractivity contribution is -0.193. The van der Waals surface area contributed by atoms with Crippen LogP contribution in [0.4, 0.5) is 0 Å². The average Bonchev–Trinajstić information content (AvgIpc) is 3.33. The Balaban J connectivity index is 1.45. The van der Waals surface area contributed by atoms with Crippen LogP contribution >= 0.6 is 0 Å². The predicted molar refractivity (Wildman–Crippen MR) is 125 cm³/mol. The third-order valence-corrected chi connectivity index (χ3v) is 8.99. The zero-order valence-corrected chi connectivity index (χ0v) is 18.4. The maximum Gasteiger partial charge on any atom is 0.199 e. The second-order valence-electron chi connectivity index (χ2n) is 10.2. The topological polar surface area (TPSA) is 78.1 Å². The largest absolute Gasteiger partial charge is 0.504 e. The van der Waals surface area contributed by atoms with Gasteiger partial charge in [-0.15, -0.1) is 6.58 Å². The van der Waals surface area contributed by atoms with Gasteiger partial charge in [0.1, 0.15) is 6.10 Å². The summed E-state index contributed by atoms with van der Waals surface area (Å²) in [5.74, 6) is 0.889. The fraction of sp³-hybridized carbons (Fsp3) is 0.407. The van der Waals surface area contributed by atoms with Crippen LogP contribution in [0.2, 0.25) is 0 Å². The van der Waals surface area contributed by atoms with Crippen molar-refractivity contribution in [2.24, 2.45) is 0 Å². The summed E-state index contributed by atoms with van der Waals surface area (Å²) in [7, 11) is 0. The number of ether oxygens (including phenoxy) is 1. The molecular formula is C27H28N2O4. The minimum absolute atomic E-state index is 0.0309. The molecule has 0 unspecified atom stereocenters. The van der Waals surface area contributed by atoms with E-state index in [-0.39, 0.29) is 29.8 Å². The number of rotatable bonds is 3. The molecule has 2 aliphatic heterocycles. The number of phenolic OH excluding ortho intramolecular Hbond substituents is 1. The molecule has 3 aromatic rings. The van der Waals surface area contributed by atoms with Crippen LogP contribution in [-0.4, -0.2) is 55.6 Å². The summed E-state index contributed by atoms with van der Waals surface area (Å²) >= 11 is 0. The number of hydrogen-bond acceptors (Lipinski definition) is 5. The highest BCUT2D eigenvalue weighted by Gasteiger charge is 2.73. The molecule has 2 bridgehead atoms. The molecule has 1 spiro atoms. The molecule has 0 amide bonds. The van der Waals surface area contributed by atoms with Gasteiger partial charge in [-0.3, -0.25) is 4.90 Å². The molecule has 2 aromatic carbocycles. The Labute approximate surface area is 192 Å². The molecular weight excluding hydrogens is 416 g/mol. The Hall–Kier alpha value is -2.96. The second-order valence-corrected chi connectivity index (χ2v) is 10.2. The van der Waals surface area contributed by atoms with Crippen LogP contribution in [0.1, 0.15) is 36.4 Å².